The van der Waals surface area contributed by atoms with Crippen molar-refractivity contribution < 1.29 is 4.79 Å². The van der Waals surface area contributed by atoms with E-state index in [1.165, 1.54) is 5.56 Å². The Kier molecular flexibility index (Phi) is 5.40. The summed E-state index contributed by atoms with van der Waals surface area (Å²) in [5.74, 6) is 0. The Bertz CT molecular complexity index is 1110. The van der Waals surface area contributed by atoms with Crippen LogP contribution in [0.5, 0.6) is 0 Å². The van der Waals surface area contributed by atoms with Crippen molar-refractivity contribution in [3.63, 3.8) is 0 Å². The van der Waals surface area contributed by atoms with Gasteiger partial charge in [-0.15, -0.1) is 0 Å². The largest absolute Gasteiger partial charge is 0.371 e. The summed E-state index contributed by atoms with van der Waals surface area (Å²) in [4.78, 5) is 18.9. The molecule has 3 aromatic rings. The van der Waals surface area contributed by atoms with Gasteiger partial charge >= 0.3 is 6.03 Å². The molecule has 0 saturated heterocycles. The Balaban J connectivity index is 1.46. The number of aromatic nitrogens is 2. The summed E-state index contributed by atoms with van der Waals surface area (Å²) >= 11 is 0. The van der Waals surface area contributed by atoms with E-state index in [4.69, 9.17) is 0 Å². The third kappa shape index (κ3) is 3.48. The number of imidazole rings is 1. The average Bonchev–Trinajstić information content (AvgIpc) is 3.35. The number of hydrogen-bond donors (Lipinski definition) is 2. The van der Waals surface area contributed by atoms with Crippen LogP contribution in [0.2, 0.25) is 0 Å². The molecule has 2 amide bonds. The van der Waals surface area contributed by atoms with Crippen molar-refractivity contribution in [3.05, 3.63) is 66.1 Å². The van der Waals surface area contributed by atoms with Crippen LogP contribution >= 0.6 is 0 Å². The Morgan fingerprint density at radius 2 is 2.03 bits per heavy atom. The number of urea groups is 1. The molecule has 7 nitrogen and oxygen atoms in total. The van der Waals surface area contributed by atoms with Crippen LogP contribution < -0.4 is 15.5 Å². The van der Waals surface area contributed by atoms with Crippen LogP contribution in [-0.4, -0.2) is 35.2 Å². The van der Waals surface area contributed by atoms with Crippen LogP contribution in [-0.2, 0) is 0 Å². The lowest BCUT2D eigenvalue weighted by atomic mass is 10.0. The molecule has 152 valence electrons. The van der Waals surface area contributed by atoms with Gasteiger partial charge in [-0.05, 0) is 37.6 Å². The zero-order valence-electron chi connectivity index (χ0n) is 17.1. The molecule has 1 aromatic heterocycles. The van der Waals surface area contributed by atoms with Crippen LogP contribution in [0.1, 0.15) is 31.0 Å². The minimum atomic E-state index is -0.281. The van der Waals surface area contributed by atoms with Gasteiger partial charge < -0.3 is 20.1 Å². The summed E-state index contributed by atoms with van der Waals surface area (Å²) in [6, 6.07) is 15.5. The summed E-state index contributed by atoms with van der Waals surface area (Å²) in [5.41, 5.74) is 5.47. The van der Waals surface area contributed by atoms with Gasteiger partial charge in [0.25, 0.3) is 0 Å². The molecule has 2 N–H and O–H groups in total. The fourth-order valence-electron chi connectivity index (χ4n) is 4.04. The van der Waals surface area contributed by atoms with Crippen LogP contribution in [0.3, 0.4) is 0 Å². The number of amides is 2. The highest BCUT2D eigenvalue weighted by Gasteiger charge is 2.28. The third-order valence-corrected chi connectivity index (χ3v) is 5.53. The number of hydrogen-bond acceptors (Lipinski definition) is 4. The standard InChI is InChI=1S/C23H24N6O/c1-3-28(4-2)20-11-17(10-9-16(20)12-24)27-23(30)26-14-22-19-8-6-5-7-18(19)21-13-25-15-29(21)22/h5-11,13,15,22H,3-4,14H2,1-2H3,(H2,26,27,30). The van der Waals surface area contributed by atoms with Crippen molar-refractivity contribution in [1.29, 1.82) is 5.26 Å². The number of nitriles is 1. The minimum absolute atomic E-state index is 0.0108. The van der Waals surface area contributed by atoms with Crippen molar-refractivity contribution in [1.82, 2.24) is 14.9 Å². The van der Waals surface area contributed by atoms with Gasteiger partial charge in [0.15, 0.2) is 0 Å². The molecule has 4 rings (SSSR count). The monoisotopic (exact) mass is 400 g/mol. The zero-order chi connectivity index (χ0) is 21.1. The highest BCUT2D eigenvalue weighted by molar-refractivity contribution is 5.90. The molecule has 1 atom stereocenters. The molecular weight excluding hydrogens is 376 g/mol. The fourth-order valence-corrected chi connectivity index (χ4v) is 4.04. The summed E-state index contributed by atoms with van der Waals surface area (Å²) in [6.07, 6.45) is 3.65. The number of anilines is 2. The Labute approximate surface area is 176 Å². The van der Waals surface area contributed by atoms with Crippen molar-refractivity contribution in [3.8, 4) is 17.3 Å². The highest BCUT2D eigenvalue weighted by atomic mass is 16.2. The van der Waals surface area contributed by atoms with Crippen LogP contribution in [0.25, 0.3) is 11.3 Å². The summed E-state index contributed by atoms with van der Waals surface area (Å²) < 4.78 is 2.09. The molecule has 1 aliphatic heterocycles. The van der Waals surface area contributed by atoms with E-state index in [0.717, 1.165) is 30.0 Å². The first-order valence-corrected chi connectivity index (χ1v) is 10.1. The molecule has 0 saturated carbocycles. The molecule has 30 heavy (non-hydrogen) atoms. The molecule has 1 aliphatic rings. The van der Waals surface area contributed by atoms with E-state index in [-0.39, 0.29) is 12.1 Å². The van der Waals surface area contributed by atoms with E-state index in [1.54, 1.807) is 18.5 Å². The van der Waals surface area contributed by atoms with E-state index in [9.17, 15) is 10.1 Å². The lowest BCUT2D eigenvalue weighted by Crippen LogP contribution is -2.33. The van der Waals surface area contributed by atoms with E-state index < -0.39 is 0 Å². The lowest BCUT2D eigenvalue weighted by molar-refractivity contribution is 0.251. The summed E-state index contributed by atoms with van der Waals surface area (Å²) in [5, 5.41) is 15.3. The molecule has 0 spiro atoms. The Hall–Kier alpha value is -3.79. The first kappa shape index (κ1) is 19.5. The molecule has 0 bridgehead atoms. The molecule has 0 fully saturated rings. The van der Waals surface area contributed by atoms with E-state index in [1.807, 2.05) is 38.2 Å². The van der Waals surface area contributed by atoms with Gasteiger partial charge in [0.05, 0.1) is 35.5 Å². The predicted molar refractivity (Wildman–Crippen MR) is 118 cm³/mol. The van der Waals surface area contributed by atoms with Crippen molar-refractivity contribution in [2.75, 3.05) is 29.9 Å². The van der Waals surface area contributed by atoms with Crippen molar-refractivity contribution in [2.24, 2.45) is 0 Å². The number of nitrogens with zero attached hydrogens (tertiary/aromatic N) is 4. The number of fused-ring (bicyclic) bond motifs is 3. The van der Waals surface area contributed by atoms with Crippen LogP contribution in [0, 0.1) is 11.3 Å². The maximum atomic E-state index is 12.6. The molecule has 0 aliphatic carbocycles. The number of benzene rings is 2. The highest BCUT2D eigenvalue weighted by Crippen LogP contribution is 2.38. The maximum Gasteiger partial charge on any atom is 0.319 e. The number of carbonyl (C=O) groups is 1. The van der Waals surface area contributed by atoms with Gasteiger partial charge in [-0.2, -0.15) is 5.26 Å². The normalized spacial score (nSPS) is 13.8. The van der Waals surface area contributed by atoms with E-state index >= 15 is 0 Å². The molecular formula is C23H24N6O. The molecule has 2 aromatic carbocycles. The van der Waals surface area contributed by atoms with Gasteiger partial charge in [-0.25, -0.2) is 9.78 Å². The quantitative estimate of drug-likeness (QED) is 0.655. The van der Waals surface area contributed by atoms with Gasteiger partial charge in [-0.1, -0.05) is 24.3 Å². The number of nitrogens with one attached hydrogen (secondary N) is 2. The zero-order valence-corrected chi connectivity index (χ0v) is 17.1. The molecule has 2 heterocycles. The van der Waals surface area contributed by atoms with Gasteiger partial charge in [-0.3, -0.25) is 0 Å². The second-order valence-electron chi connectivity index (χ2n) is 7.14. The van der Waals surface area contributed by atoms with Gasteiger partial charge in [0.1, 0.15) is 6.07 Å². The number of rotatable bonds is 6. The predicted octanol–water partition coefficient (Wildman–Crippen LogP) is 3.99. The van der Waals surface area contributed by atoms with Gasteiger partial charge in [0, 0.05) is 30.9 Å². The van der Waals surface area contributed by atoms with E-state index in [0.29, 0.717) is 17.8 Å². The molecule has 7 heteroatoms. The molecule has 1 unspecified atom stereocenters. The van der Waals surface area contributed by atoms with E-state index in [2.05, 4.69) is 43.3 Å². The molecule has 0 radical (unpaired) electrons. The summed E-state index contributed by atoms with van der Waals surface area (Å²) in [6.45, 7) is 6.11. The van der Waals surface area contributed by atoms with Crippen molar-refractivity contribution in [2.45, 2.75) is 19.9 Å². The second kappa shape index (κ2) is 8.29. The van der Waals surface area contributed by atoms with Crippen LogP contribution in [0.4, 0.5) is 16.2 Å². The lowest BCUT2D eigenvalue weighted by Gasteiger charge is -2.23. The second-order valence-corrected chi connectivity index (χ2v) is 7.14. The third-order valence-electron chi connectivity index (χ3n) is 5.53. The van der Waals surface area contributed by atoms with Gasteiger partial charge in [0.2, 0.25) is 0 Å². The Morgan fingerprint density at radius 1 is 1.23 bits per heavy atom. The smallest absolute Gasteiger partial charge is 0.319 e. The Morgan fingerprint density at radius 3 is 2.80 bits per heavy atom. The first-order valence-electron chi connectivity index (χ1n) is 10.1. The summed E-state index contributed by atoms with van der Waals surface area (Å²) in [7, 11) is 0. The topological polar surface area (TPSA) is 86.0 Å². The number of carbonyl (C=O) groups excluding carboxylic acids is 1. The fraction of sp³-hybridized carbons (Fsp3) is 0.261. The SMILES string of the molecule is CCN(CC)c1cc(NC(=O)NCC2c3ccccc3-c3cncn32)ccc1C#N. The minimum Gasteiger partial charge on any atom is -0.371 e. The first-order chi connectivity index (χ1) is 14.7. The maximum absolute atomic E-state index is 12.6. The average molecular weight is 400 g/mol. The van der Waals surface area contributed by atoms with Crippen LogP contribution in [0.15, 0.2) is 55.0 Å². The van der Waals surface area contributed by atoms with Crippen molar-refractivity contribution >= 4 is 17.4 Å².